The molecule has 1 aromatic carbocycles. The van der Waals surface area contributed by atoms with Crippen LogP contribution in [0.4, 0.5) is 4.39 Å². The van der Waals surface area contributed by atoms with Crippen LogP contribution in [0.1, 0.15) is 40.8 Å². The number of nitrogens with zero attached hydrogens (tertiary/aromatic N) is 2. The van der Waals surface area contributed by atoms with Crippen LogP contribution in [0.5, 0.6) is 0 Å². The second kappa shape index (κ2) is 5.43. The average molecular weight is 323 g/mol. The molecule has 0 N–H and O–H groups in total. The van der Waals surface area contributed by atoms with Crippen molar-refractivity contribution in [3.63, 3.8) is 0 Å². The van der Waals surface area contributed by atoms with Gasteiger partial charge in [0, 0.05) is 15.8 Å². The van der Waals surface area contributed by atoms with E-state index in [1.165, 1.54) is 21.9 Å². The van der Waals surface area contributed by atoms with Crippen molar-refractivity contribution in [3.05, 3.63) is 51.7 Å². The number of aryl methyl sites for hydroxylation is 1. The maximum atomic E-state index is 13.4. The monoisotopic (exact) mass is 322 g/mol. The molecule has 0 radical (unpaired) electrons. The van der Waals surface area contributed by atoms with Crippen molar-refractivity contribution < 1.29 is 4.39 Å². The van der Waals surface area contributed by atoms with Gasteiger partial charge in [0.05, 0.1) is 22.5 Å². The minimum Gasteiger partial charge on any atom is -0.319 e. The lowest BCUT2D eigenvalue weighted by molar-refractivity contribution is 0.624. The predicted molar refractivity (Wildman–Crippen MR) is 86.8 cm³/mol. The van der Waals surface area contributed by atoms with Crippen molar-refractivity contribution in [1.82, 2.24) is 9.55 Å². The van der Waals surface area contributed by atoms with Crippen LogP contribution >= 0.6 is 22.9 Å². The Balaban J connectivity index is 2.21. The van der Waals surface area contributed by atoms with Gasteiger partial charge in [-0.15, -0.1) is 22.9 Å². The Morgan fingerprint density at radius 1 is 1.24 bits per heavy atom. The van der Waals surface area contributed by atoms with E-state index in [-0.39, 0.29) is 17.2 Å². The summed E-state index contributed by atoms with van der Waals surface area (Å²) in [5, 5.41) is -0.232. The lowest BCUT2D eigenvalue weighted by Crippen LogP contribution is -2.10. The summed E-state index contributed by atoms with van der Waals surface area (Å²) < 4.78 is 15.5. The van der Waals surface area contributed by atoms with Crippen molar-refractivity contribution in [2.75, 3.05) is 0 Å². The van der Waals surface area contributed by atoms with E-state index in [0.29, 0.717) is 5.52 Å². The van der Waals surface area contributed by atoms with Gasteiger partial charge in [-0.25, -0.2) is 9.37 Å². The van der Waals surface area contributed by atoms with Crippen molar-refractivity contribution in [3.8, 4) is 0 Å². The quantitative estimate of drug-likeness (QED) is 0.586. The van der Waals surface area contributed by atoms with Crippen molar-refractivity contribution in [2.45, 2.75) is 32.2 Å². The number of alkyl halides is 1. The Hall–Kier alpha value is -1.39. The zero-order valence-electron chi connectivity index (χ0n) is 12.1. The Morgan fingerprint density at radius 3 is 2.62 bits per heavy atom. The topological polar surface area (TPSA) is 17.8 Å². The number of fused-ring (bicyclic) bond motifs is 1. The van der Waals surface area contributed by atoms with Crippen LogP contribution in [0, 0.1) is 12.7 Å². The third kappa shape index (κ3) is 2.58. The fourth-order valence-electron chi connectivity index (χ4n) is 2.58. The molecule has 3 rings (SSSR count). The molecule has 5 heteroatoms. The summed E-state index contributed by atoms with van der Waals surface area (Å²) in [6.45, 7) is 6.11. The van der Waals surface area contributed by atoms with Crippen molar-refractivity contribution >= 4 is 34.0 Å². The minimum absolute atomic E-state index is 0.121. The summed E-state index contributed by atoms with van der Waals surface area (Å²) in [4.78, 5) is 7.04. The van der Waals surface area contributed by atoms with E-state index in [9.17, 15) is 4.39 Å². The Labute approximate surface area is 132 Å². The summed E-state index contributed by atoms with van der Waals surface area (Å²) in [6.07, 6.45) is 0. The van der Waals surface area contributed by atoms with Crippen LogP contribution < -0.4 is 0 Å². The smallest absolute Gasteiger partial charge is 0.128 e. The fraction of sp³-hybridized carbons (Fsp3) is 0.312. The van der Waals surface area contributed by atoms with Crippen LogP contribution in [0.3, 0.4) is 0 Å². The molecule has 0 saturated carbocycles. The third-order valence-electron chi connectivity index (χ3n) is 3.59. The first-order chi connectivity index (χ1) is 9.97. The van der Waals surface area contributed by atoms with Gasteiger partial charge in [-0.1, -0.05) is 0 Å². The molecule has 2 aromatic heterocycles. The number of benzene rings is 1. The van der Waals surface area contributed by atoms with Gasteiger partial charge in [-0.3, -0.25) is 0 Å². The first-order valence-electron chi connectivity index (χ1n) is 6.85. The van der Waals surface area contributed by atoms with Crippen molar-refractivity contribution in [1.29, 1.82) is 0 Å². The SMILES string of the molecule is Cc1ccc(C(C)n2c(C(C)Cl)nc3cc(F)ccc32)s1. The Morgan fingerprint density at radius 2 is 2.00 bits per heavy atom. The van der Waals surface area contributed by atoms with Crippen LogP contribution in [0.25, 0.3) is 11.0 Å². The summed E-state index contributed by atoms with van der Waals surface area (Å²) in [5.41, 5.74) is 1.56. The second-order valence-corrected chi connectivity index (χ2v) is 7.19. The molecular formula is C16H16ClFN2S. The molecule has 0 fully saturated rings. The largest absolute Gasteiger partial charge is 0.319 e. The van der Waals surface area contributed by atoms with E-state index in [2.05, 4.69) is 35.5 Å². The van der Waals surface area contributed by atoms with E-state index in [1.807, 2.05) is 6.92 Å². The maximum Gasteiger partial charge on any atom is 0.128 e. The van der Waals surface area contributed by atoms with E-state index < -0.39 is 0 Å². The van der Waals surface area contributed by atoms with Gasteiger partial charge in [0.15, 0.2) is 0 Å². The highest BCUT2D eigenvalue weighted by molar-refractivity contribution is 7.12. The molecule has 2 heterocycles. The third-order valence-corrected chi connectivity index (χ3v) is 4.96. The van der Waals surface area contributed by atoms with Crippen LogP contribution in [0.15, 0.2) is 30.3 Å². The zero-order chi connectivity index (χ0) is 15.1. The number of hydrogen-bond acceptors (Lipinski definition) is 2. The highest BCUT2D eigenvalue weighted by Gasteiger charge is 2.21. The molecule has 0 bridgehead atoms. The molecule has 21 heavy (non-hydrogen) atoms. The van der Waals surface area contributed by atoms with Gasteiger partial charge in [0.25, 0.3) is 0 Å². The summed E-state index contributed by atoms with van der Waals surface area (Å²) in [5.74, 6) is 0.497. The van der Waals surface area contributed by atoms with Gasteiger partial charge in [0.1, 0.15) is 11.6 Å². The number of thiophene rings is 1. The van der Waals surface area contributed by atoms with Crippen LogP contribution in [0.2, 0.25) is 0 Å². The molecule has 0 aliphatic rings. The molecule has 110 valence electrons. The Kier molecular flexibility index (Phi) is 3.76. The predicted octanol–water partition coefficient (Wildman–Crippen LogP) is 5.45. The van der Waals surface area contributed by atoms with Crippen LogP contribution in [-0.2, 0) is 0 Å². The summed E-state index contributed by atoms with van der Waals surface area (Å²) in [7, 11) is 0. The van der Waals surface area contributed by atoms with E-state index in [4.69, 9.17) is 11.6 Å². The van der Waals surface area contributed by atoms with Crippen molar-refractivity contribution in [2.24, 2.45) is 0 Å². The standard InChI is InChI=1S/C16H16ClFN2S/c1-9-4-7-15(21-9)11(3)20-14-6-5-12(18)8-13(14)19-16(20)10(2)17/h4-8,10-11H,1-3H3. The molecule has 0 aliphatic carbocycles. The van der Waals surface area contributed by atoms with E-state index >= 15 is 0 Å². The van der Waals surface area contributed by atoms with Gasteiger partial charge >= 0.3 is 0 Å². The highest BCUT2D eigenvalue weighted by Crippen LogP contribution is 2.33. The molecule has 2 nitrogen and oxygen atoms in total. The number of imidazole rings is 1. The van der Waals surface area contributed by atoms with Gasteiger partial charge in [0.2, 0.25) is 0 Å². The lowest BCUT2D eigenvalue weighted by Gasteiger charge is -2.17. The number of aromatic nitrogens is 2. The lowest BCUT2D eigenvalue weighted by atomic mass is 10.2. The fourth-order valence-corrected chi connectivity index (χ4v) is 3.66. The van der Waals surface area contributed by atoms with Gasteiger partial charge in [-0.05, 0) is 45.0 Å². The second-order valence-electron chi connectivity index (χ2n) is 5.21. The molecule has 0 aliphatic heterocycles. The van der Waals surface area contributed by atoms with Crippen LogP contribution in [-0.4, -0.2) is 9.55 Å². The molecule has 0 saturated heterocycles. The van der Waals surface area contributed by atoms with E-state index in [0.717, 1.165) is 11.3 Å². The first-order valence-corrected chi connectivity index (χ1v) is 8.10. The van der Waals surface area contributed by atoms with Gasteiger partial charge in [-0.2, -0.15) is 0 Å². The number of halogens is 2. The molecule has 0 amide bonds. The van der Waals surface area contributed by atoms with E-state index in [1.54, 1.807) is 17.4 Å². The first kappa shape index (κ1) is 14.5. The number of hydrogen-bond donors (Lipinski definition) is 0. The maximum absolute atomic E-state index is 13.4. The highest BCUT2D eigenvalue weighted by atomic mass is 35.5. The average Bonchev–Trinajstić information content (AvgIpc) is 3.01. The minimum atomic E-state index is -0.277. The molecular weight excluding hydrogens is 307 g/mol. The summed E-state index contributed by atoms with van der Waals surface area (Å²) >= 11 is 8.04. The molecule has 3 aromatic rings. The van der Waals surface area contributed by atoms with Gasteiger partial charge < -0.3 is 4.57 Å². The normalized spacial score (nSPS) is 14.5. The Bertz CT molecular complexity index is 791. The summed E-state index contributed by atoms with van der Waals surface area (Å²) in [6, 6.07) is 9.06. The molecule has 2 unspecified atom stereocenters. The molecule has 0 spiro atoms. The number of rotatable bonds is 3. The zero-order valence-corrected chi connectivity index (χ0v) is 13.7. The molecule has 2 atom stereocenters.